The van der Waals surface area contributed by atoms with Gasteiger partial charge in [-0.3, -0.25) is 0 Å². The summed E-state index contributed by atoms with van der Waals surface area (Å²) in [5.74, 6) is 0. The summed E-state index contributed by atoms with van der Waals surface area (Å²) in [5.41, 5.74) is 19.1. The Balaban J connectivity index is 1.22. The van der Waals surface area contributed by atoms with E-state index in [9.17, 15) is 61.3 Å². The van der Waals surface area contributed by atoms with Crippen LogP contribution in [0.2, 0.25) is 0 Å². The van der Waals surface area contributed by atoms with Gasteiger partial charge in [-0.25, -0.2) is 0 Å². The highest BCUT2D eigenvalue weighted by molar-refractivity contribution is 4.98. The van der Waals surface area contributed by atoms with Crippen LogP contribution in [0.5, 0.6) is 0 Å². The van der Waals surface area contributed by atoms with Gasteiger partial charge in [-0.1, -0.05) is 0 Å². The lowest BCUT2D eigenvalue weighted by Crippen LogP contribution is -2.83. The van der Waals surface area contributed by atoms with Gasteiger partial charge in [-0.2, -0.15) is 0 Å². The number of aliphatic hydroxyl groups is 12. The lowest BCUT2D eigenvalue weighted by Gasteiger charge is -2.48. The molecule has 5 aliphatic heterocycles. The zero-order valence-electron chi connectivity index (χ0n) is 30.5. The van der Waals surface area contributed by atoms with Crippen LogP contribution in [0.4, 0.5) is 0 Å². The van der Waals surface area contributed by atoms with Crippen molar-refractivity contribution < 1.29 is 133 Å². The molecule has 26 nitrogen and oxygen atoms in total. The van der Waals surface area contributed by atoms with Crippen molar-refractivity contribution in [3.8, 4) is 0 Å². The fraction of sp³-hybridized carbons (Fsp3) is 1.00. The fourth-order valence-corrected chi connectivity index (χ4v) is 7.47. The Morgan fingerprint density at radius 1 is 0.321 bits per heavy atom. The molecule has 328 valence electrons. The molecule has 56 heavy (non-hydrogen) atoms. The molecule has 5 fully saturated rings. The average molecular weight is 829 g/mol. The van der Waals surface area contributed by atoms with Gasteiger partial charge in [0.1, 0.15) is 91.6 Å². The molecule has 26 heteroatoms. The molecule has 5 heterocycles. The summed E-state index contributed by atoms with van der Waals surface area (Å²) in [6.07, 6.45) is -27.9. The van der Waals surface area contributed by atoms with E-state index >= 15 is 0 Å². The third-order valence-corrected chi connectivity index (χ3v) is 11.1. The molecule has 0 unspecified atom stereocenters. The SMILES string of the molecule is [NH3+][C@@H]1[C@@H](O)[C@H](O[C@@H]2O[C@H](CO)[C@@H](O[C@@H]3O[C@H](CO)[C@@H](O[C@@H]4O[C@H](CO)[C@@H](O[C@@H]5O[C@H](CO)[C@@H](O)[C@H](O)[C@H]5[NH3+])[C@H](O)[C@H]4[NH3+])[C@H](O)[C@H]3[NH3+])[C@H](O)[C@H]2[NH3+])[C@@H](CO)O[C@H]1O. The fourth-order valence-electron chi connectivity index (χ4n) is 7.47. The lowest BCUT2D eigenvalue weighted by molar-refractivity contribution is -0.539. The molecular weight excluding hydrogens is 766 g/mol. The van der Waals surface area contributed by atoms with E-state index in [-0.39, 0.29) is 0 Å². The van der Waals surface area contributed by atoms with Crippen molar-refractivity contribution in [3.05, 3.63) is 0 Å². The zero-order valence-corrected chi connectivity index (χ0v) is 30.5. The largest absolute Gasteiger partial charge is 0.394 e. The van der Waals surface area contributed by atoms with Gasteiger partial charge in [-0.15, -0.1) is 0 Å². The molecule has 0 aliphatic carbocycles. The summed E-state index contributed by atoms with van der Waals surface area (Å²) in [6.45, 7) is -3.54. The van der Waals surface area contributed by atoms with Crippen molar-refractivity contribution in [1.29, 1.82) is 0 Å². The van der Waals surface area contributed by atoms with Crippen molar-refractivity contribution in [2.75, 3.05) is 33.0 Å². The number of hydrogen-bond donors (Lipinski definition) is 17. The maximum atomic E-state index is 11.4. The van der Waals surface area contributed by atoms with E-state index in [1.54, 1.807) is 0 Å². The first-order valence-corrected chi connectivity index (χ1v) is 18.4. The Hall–Kier alpha value is -1.04. The van der Waals surface area contributed by atoms with E-state index in [1.807, 2.05) is 0 Å². The third kappa shape index (κ3) is 9.16. The Bertz CT molecular complexity index is 1220. The minimum Gasteiger partial charge on any atom is -0.394 e. The highest BCUT2D eigenvalue weighted by Crippen LogP contribution is 2.33. The molecule has 0 spiro atoms. The Morgan fingerprint density at radius 2 is 0.571 bits per heavy atom. The van der Waals surface area contributed by atoms with Crippen molar-refractivity contribution in [2.24, 2.45) is 0 Å². The lowest BCUT2D eigenvalue weighted by atomic mass is 9.94. The molecule has 0 saturated carbocycles. The highest BCUT2D eigenvalue weighted by Gasteiger charge is 2.57. The molecule has 0 aromatic carbocycles. The van der Waals surface area contributed by atoms with E-state index < -0.39 is 186 Å². The summed E-state index contributed by atoms with van der Waals surface area (Å²) in [4.78, 5) is 0. The van der Waals surface area contributed by atoms with Crippen LogP contribution in [0.15, 0.2) is 0 Å². The van der Waals surface area contributed by atoms with E-state index in [2.05, 4.69) is 28.7 Å². The molecule has 0 bridgehead atoms. The van der Waals surface area contributed by atoms with Gasteiger partial charge in [0.15, 0.2) is 30.2 Å². The molecular formula is C30H62N5O21+5. The van der Waals surface area contributed by atoms with Crippen molar-refractivity contribution in [3.63, 3.8) is 0 Å². The van der Waals surface area contributed by atoms with Gasteiger partial charge in [0, 0.05) is 0 Å². The molecule has 5 saturated heterocycles. The average Bonchev–Trinajstić information content (AvgIpc) is 3.19. The standard InChI is InChI=1S/C30H57N5O21/c31-11-18(43)22(7(2-37)48-26(11)47)53-28-13(33)20(45)24(9(4-39)50-28)55-30-15(35)21(46)25(10(5-40)52-30)56-29-14(34)19(44)23(8(3-38)51-29)54-27-12(32)17(42)16(41)6(1-36)49-27/h6-30,36-47H,1-5,31-35H2/p+5/t6-,7-,8-,9-,10-,11-,12-,13-,14-,15-,16-,17-,18-,19-,20-,21-,22-,23-,24-,25-,26-,27+,28+,29+,30+/m1/s1. The molecule has 27 N–H and O–H groups in total. The third-order valence-electron chi connectivity index (χ3n) is 11.1. The molecule has 0 aromatic heterocycles. The number of hydrogen-bond acceptors (Lipinski definition) is 21. The van der Waals surface area contributed by atoms with Crippen LogP contribution >= 0.6 is 0 Å². The summed E-state index contributed by atoms with van der Waals surface area (Å²) in [6, 6.07) is -5.67. The second-order valence-corrected chi connectivity index (χ2v) is 14.8. The molecule has 0 aromatic rings. The molecule has 0 radical (unpaired) electrons. The molecule has 25 atom stereocenters. The first-order valence-electron chi connectivity index (χ1n) is 18.4. The van der Waals surface area contributed by atoms with Crippen LogP contribution in [0, 0.1) is 0 Å². The minimum absolute atomic E-state index is 0.654. The monoisotopic (exact) mass is 828 g/mol. The maximum absolute atomic E-state index is 11.4. The second kappa shape index (κ2) is 19.6. The first-order chi connectivity index (χ1) is 26.5. The highest BCUT2D eigenvalue weighted by atomic mass is 16.8. The molecule has 5 rings (SSSR count). The van der Waals surface area contributed by atoms with Crippen LogP contribution in [-0.2, 0) is 42.6 Å². The van der Waals surface area contributed by atoms with Gasteiger partial charge in [0.25, 0.3) is 0 Å². The Morgan fingerprint density at radius 3 is 0.875 bits per heavy atom. The van der Waals surface area contributed by atoms with Crippen LogP contribution in [0.3, 0.4) is 0 Å². The topological polar surface area (TPSA) is 464 Å². The van der Waals surface area contributed by atoms with E-state index in [0.29, 0.717) is 0 Å². The van der Waals surface area contributed by atoms with Crippen molar-refractivity contribution in [1.82, 2.24) is 0 Å². The van der Waals surface area contributed by atoms with E-state index in [1.165, 1.54) is 0 Å². The van der Waals surface area contributed by atoms with E-state index in [4.69, 9.17) is 42.6 Å². The summed E-state index contributed by atoms with van der Waals surface area (Å²) < 4.78 is 52.2. The van der Waals surface area contributed by atoms with E-state index in [0.717, 1.165) is 0 Å². The van der Waals surface area contributed by atoms with Crippen LogP contribution in [0.1, 0.15) is 0 Å². The maximum Gasteiger partial charge on any atom is 0.214 e. The van der Waals surface area contributed by atoms with Crippen LogP contribution in [0.25, 0.3) is 0 Å². The first kappa shape index (κ1) is 46.0. The van der Waals surface area contributed by atoms with Gasteiger partial charge < -0.3 is 133 Å². The van der Waals surface area contributed by atoms with Gasteiger partial charge in [0.2, 0.25) is 31.5 Å². The normalized spacial score (nSPS) is 53.2. The smallest absolute Gasteiger partial charge is 0.214 e. The zero-order chi connectivity index (χ0) is 41.3. The second-order valence-electron chi connectivity index (χ2n) is 14.8. The van der Waals surface area contributed by atoms with Crippen LogP contribution < -0.4 is 28.7 Å². The molecule has 0 amide bonds. The summed E-state index contributed by atoms with van der Waals surface area (Å²) in [7, 11) is 0. The van der Waals surface area contributed by atoms with Crippen LogP contribution in [-0.4, -0.2) is 248 Å². The Kier molecular flexibility index (Phi) is 16.1. The summed E-state index contributed by atoms with van der Waals surface area (Å²) in [5, 5.41) is 125. The summed E-state index contributed by atoms with van der Waals surface area (Å²) >= 11 is 0. The Labute approximate surface area is 319 Å². The van der Waals surface area contributed by atoms with Gasteiger partial charge in [-0.05, 0) is 0 Å². The number of aliphatic hydroxyl groups excluding tert-OH is 12. The molecule has 5 aliphatic rings. The number of rotatable bonds is 13. The minimum atomic E-state index is -1.57. The van der Waals surface area contributed by atoms with Gasteiger partial charge in [0.05, 0.1) is 33.0 Å². The van der Waals surface area contributed by atoms with Crippen molar-refractivity contribution >= 4 is 0 Å². The predicted molar refractivity (Wildman–Crippen MR) is 170 cm³/mol. The number of quaternary nitrogens is 5. The van der Waals surface area contributed by atoms with Crippen molar-refractivity contribution in [2.45, 2.75) is 153 Å². The quantitative estimate of drug-likeness (QED) is 0.0819. The number of ether oxygens (including phenoxy) is 9. The predicted octanol–water partition coefficient (Wildman–Crippen LogP) is -15.7. The van der Waals surface area contributed by atoms with Gasteiger partial charge >= 0.3 is 0 Å².